The van der Waals surface area contributed by atoms with Crippen molar-refractivity contribution in [2.75, 3.05) is 50.8 Å². The molecule has 1 aromatic carbocycles. The van der Waals surface area contributed by atoms with Gasteiger partial charge in [0, 0.05) is 49.6 Å². The first kappa shape index (κ1) is 27.2. The molecule has 2 aromatic heterocycles. The van der Waals surface area contributed by atoms with Crippen molar-refractivity contribution < 1.29 is 19.1 Å². The molecule has 5 heterocycles. The zero-order valence-corrected chi connectivity index (χ0v) is 25.0. The van der Waals surface area contributed by atoms with Gasteiger partial charge in [0.1, 0.15) is 23.0 Å². The standard InChI is InChI=1S/C31H35ClN6O4/c1-5-21(39)36-10-11-38-19(14-36)15-41-28-24(30(38)40)29(37-12-13-42-31(3,4)16-37)33-27(25(28)32)22-17(2)6-9-20-23(22)26(35-34-20)18-7-8-18/h5-6,9,18-19H,1,7-8,10-16H2,2-4H3,(H,34,35)/t19-/m1/s1. The van der Waals surface area contributed by atoms with E-state index in [-0.39, 0.29) is 24.5 Å². The minimum absolute atomic E-state index is 0.155. The molecule has 0 spiro atoms. The molecule has 1 aliphatic carbocycles. The summed E-state index contributed by atoms with van der Waals surface area (Å²) in [4.78, 5) is 37.7. The molecule has 220 valence electrons. The molecular weight excluding hydrogens is 556 g/mol. The number of carbonyl (C=O) groups excluding carboxylic acids is 2. The van der Waals surface area contributed by atoms with E-state index < -0.39 is 5.60 Å². The number of pyridine rings is 1. The van der Waals surface area contributed by atoms with Gasteiger partial charge in [0.05, 0.1) is 35.2 Å². The number of morpholine rings is 1. The summed E-state index contributed by atoms with van der Waals surface area (Å²) >= 11 is 7.24. The van der Waals surface area contributed by atoms with Crippen LogP contribution in [0.3, 0.4) is 0 Å². The van der Waals surface area contributed by atoms with Crippen LogP contribution >= 0.6 is 11.6 Å². The molecule has 7 rings (SSSR count). The predicted molar refractivity (Wildman–Crippen MR) is 160 cm³/mol. The lowest BCUT2D eigenvalue weighted by Crippen LogP contribution is -2.57. The van der Waals surface area contributed by atoms with Crippen molar-refractivity contribution in [3.63, 3.8) is 0 Å². The lowest BCUT2D eigenvalue weighted by Gasteiger charge is -2.41. The van der Waals surface area contributed by atoms with Crippen molar-refractivity contribution >= 4 is 40.1 Å². The maximum atomic E-state index is 14.4. The zero-order valence-electron chi connectivity index (χ0n) is 24.2. The molecule has 3 aliphatic heterocycles. The molecule has 3 fully saturated rings. The van der Waals surface area contributed by atoms with E-state index in [4.69, 9.17) is 26.1 Å². The van der Waals surface area contributed by atoms with Crippen LogP contribution in [0.4, 0.5) is 5.82 Å². The maximum Gasteiger partial charge on any atom is 0.261 e. The third-order valence-electron chi connectivity index (χ3n) is 8.83. The van der Waals surface area contributed by atoms with Gasteiger partial charge in [-0.25, -0.2) is 4.98 Å². The average molecular weight is 591 g/mol. The Balaban J connectivity index is 1.42. The Morgan fingerprint density at radius 3 is 2.76 bits per heavy atom. The fourth-order valence-electron chi connectivity index (χ4n) is 6.57. The van der Waals surface area contributed by atoms with Gasteiger partial charge < -0.3 is 24.2 Å². The normalized spacial score (nSPS) is 22.0. The van der Waals surface area contributed by atoms with Gasteiger partial charge >= 0.3 is 0 Å². The first-order chi connectivity index (χ1) is 20.2. The summed E-state index contributed by atoms with van der Waals surface area (Å²) in [5, 5.41) is 9.23. The number of piperazine rings is 1. The fraction of sp³-hybridized carbons (Fsp3) is 0.484. The van der Waals surface area contributed by atoms with Crippen molar-refractivity contribution in [1.82, 2.24) is 25.0 Å². The molecule has 0 radical (unpaired) electrons. The minimum Gasteiger partial charge on any atom is -0.489 e. The van der Waals surface area contributed by atoms with Crippen LogP contribution < -0.4 is 9.64 Å². The highest BCUT2D eigenvalue weighted by Crippen LogP contribution is 2.49. The van der Waals surface area contributed by atoms with Crippen LogP contribution in [0.1, 0.15) is 54.2 Å². The van der Waals surface area contributed by atoms with Gasteiger partial charge in [-0.15, -0.1) is 0 Å². The molecule has 2 amide bonds. The van der Waals surface area contributed by atoms with Crippen LogP contribution in [0.5, 0.6) is 5.75 Å². The third-order valence-corrected chi connectivity index (χ3v) is 9.18. The van der Waals surface area contributed by atoms with Crippen molar-refractivity contribution in [3.05, 3.63) is 46.6 Å². The van der Waals surface area contributed by atoms with E-state index in [0.29, 0.717) is 73.1 Å². The summed E-state index contributed by atoms with van der Waals surface area (Å²) in [5.74, 6) is 0.958. The molecule has 3 aromatic rings. The topological polar surface area (TPSA) is 104 Å². The summed E-state index contributed by atoms with van der Waals surface area (Å²) in [6, 6.07) is 3.77. The number of hydrogen-bond acceptors (Lipinski definition) is 7. The smallest absolute Gasteiger partial charge is 0.261 e. The van der Waals surface area contributed by atoms with Gasteiger partial charge in [0.25, 0.3) is 5.91 Å². The number of anilines is 1. The predicted octanol–water partition coefficient (Wildman–Crippen LogP) is 4.31. The fourth-order valence-corrected chi connectivity index (χ4v) is 6.85. The lowest BCUT2D eigenvalue weighted by molar-refractivity contribution is -0.128. The number of ether oxygens (including phenoxy) is 2. The molecule has 2 saturated heterocycles. The SMILES string of the molecule is C=CC(=O)N1CCN2C(=O)c3c(N4CCOC(C)(C)C4)nc(-c4c(C)ccc5[nH]nc(C6CC6)c45)c(Cl)c3OC[C@H]2C1. The summed E-state index contributed by atoms with van der Waals surface area (Å²) < 4.78 is 12.5. The Labute approximate surface area is 249 Å². The Bertz CT molecular complexity index is 1630. The summed E-state index contributed by atoms with van der Waals surface area (Å²) in [6.07, 6.45) is 3.52. The summed E-state index contributed by atoms with van der Waals surface area (Å²) in [7, 11) is 0. The number of aromatic nitrogens is 3. The summed E-state index contributed by atoms with van der Waals surface area (Å²) in [5.41, 5.74) is 4.41. The highest BCUT2D eigenvalue weighted by Gasteiger charge is 2.42. The van der Waals surface area contributed by atoms with E-state index in [1.807, 2.05) is 26.0 Å². The van der Waals surface area contributed by atoms with E-state index in [9.17, 15) is 9.59 Å². The molecular formula is C31H35ClN6O4. The Hall–Kier alpha value is -3.63. The van der Waals surface area contributed by atoms with Gasteiger partial charge in [-0.05, 0) is 51.3 Å². The number of aryl methyl sites for hydroxylation is 1. The van der Waals surface area contributed by atoms with Gasteiger partial charge in [-0.3, -0.25) is 14.7 Å². The van der Waals surface area contributed by atoms with Crippen LogP contribution in [0.25, 0.3) is 22.2 Å². The molecule has 0 bridgehead atoms. The number of nitrogens with zero attached hydrogens (tertiary/aromatic N) is 5. The van der Waals surface area contributed by atoms with Crippen molar-refractivity contribution in [1.29, 1.82) is 0 Å². The van der Waals surface area contributed by atoms with E-state index in [1.54, 1.807) is 9.80 Å². The Kier molecular flexibility index (Phi) is 6.47. The van der Waals surface area contributed by atoms with Crippen molar-refractivity contribution in [2.45, 2.75) is 51.2 Å². The number of rotatable bonds is 4. The van der Waals surface area contributed by atoms with E-state index in [2.05, 4.69) is 28.6 Å². The molecule has 10 nitrogen and oxygen atoms in total. The number of benzene rings is 1. The Morgan fingerprint density at radius 2 is 2.02 bits per heavy atom. The number of fused-ring (bicyclic) bond motifs is 3. The number of amides is 2. The third kappa shape index (κ3) is 4.43. The van der Waals surface area contributed by atoms with Gasteiger partial charge in [-0.2, -0.15) is 5.10 Å². The molecule has 1 saturated carbocycles. The van der Waals surface area contributed by atoms with Gasteiger partial charge in [0.15, 0.2) is 5.75 Å². The van der Waals surface area contributed by atoms with Crippen LogP contribution in [0.15, 0.2) is 24.8 Å². The van der Waals surface area contributed by atoms with Crippen LogP contribution in [-0.4, -0.2) is 94.4 Å². The molecule has 4 aliphatic rings. The van der Waals surface area contributed by atoms with Crippen LogP contribution in [-0.2, 0) is 9.53 Å². The van der Waals surface area contributed by atoms with Crippen LogP contribution in [0, 0.1) is 6.92 Å². The average Bonchev–Trinajstić information content (AvgIpc) is 3.75. The number of halogens is 1. The van der Waals surface area contributed by atoms with Crippen molar-refractivity contribution in [2.24, 2.45) is 0 Å². The molecule has 0 unspecified atom stereocenters. The minimum atomic E-state index is -0.430. The second-order valence-electron chi connectivity index (χ2n) is 12.3. The first-order valence-electron chi connectivity index (χ1n) is 14.6. The van der Waals surface area contributed by atoms with E-state index >= 15 is 0 Å². The second-order valence-corrected chi connectivity index (χ2v) is 12.7. The monoisotopic (exact) mass is 590 g/mol. The second kappa shape index (κ2) is 9.98. The molecule has 11 heteroatoms. The van der Waals surface area contributed by atoms with Crippen molar-refractivity contribution in [3.8, 4) is 17.0 Å². The maximum absolute atomic E-state index is 14.4. The highest BCUT2D eigenvalue weighted by molar-refractivity contribution is 6.36. The molecule has 1 N–H and O–H groups in total. The summed E-state index contributed by atoms with van der Waals surface area (Å²) in [6.45, 7) is 12.8. The number of H-pyrrole nitrogens is 1. The number of carbonyl (C=O) groups is 2. The van der Waals surface area contributed by atoms with Crippen LogP contribution in [0.2, 0.25) is 5.02 Å². The van der Waals surface area contributed by atoms with Gasteiger partial charge in [0.2, 0.25) is 5.91 Å². The first-order valence-corrected chi connectivity index (χ1v) is 15.0. The molecule has 1 atom stereocenters. The number of aromatic amines is 1. The zero-order chi connectivity index (χ0) is 29.3. The molecule has 42 heavy (non-hydrogen) atoms. The lowest BCUT2D eigenvalue weighted by atomic mass is 9.96. The largest absolute Gasteiger partial charge is 0.489 e. The number of nitrogens with one attached hydrogen (secondary N) is 1. The Morgan fingerprint density at radius 1 is 1.21 bits per heavy atom. The highest BCUT2D eigenvalue weighted by atomic mass is 35.5. The van der Waals surface area contributed by atoms with E-state index in [1.165, 1.54) is 6.08 Å². The van der Waals surface area contributed by atoms with E-state index in [0.717, 1.165) is 40.6 Å². The quantitative estimate of drug-likeness (QED) is 0.452. The van der Waals surface area contributed by atoms with Gasteiger partial charge in [-0.1, -0.05) is 24.2 Å². The number of hydrogen-bond donors (Lipinski definition) is 1.